The van der Waals surface area contributed by atoms with E-state index in [4.69, 9.17) is 4.74 Å². The summed E-state index contributed by atoms with van der Waals surface area (Å²) < 4.78 is 6.97. The molecule has 0 radical (unpaired) electrons. The van der Waals surface area contributed by atoms with Crippen LogP contribution in [0.2, 0.25) is 0 Å². The number of ether oxygens (including phenoxy) is 1. The molecule has 0 spiro atoms. The van der Waals surface area contributed by atoms with Crippen LogP contribution in [0.3, 0.4) is 0 Å². The number of para-hydroxylation sites is 1. The predicted molar refractivity (Wildman–Crippen MR) is 63.2 cm³/mol. The minimum atomic E-state index is 0.693. The fourth-order valence-corrected chi connectivity index (χ4v) is 1.74. The second-order valence-electron chi connectivity index (χ2n) is 3.54. The molecule has 0 unspecified atom stereocenters. The summed E-state index contributed by atoms with van der Waals surface area (Å²) in [6.45, 7) is 0. The van der Waals surface area contributed by atoms with Gasteiger partial charge in [-0.2, -0.15) is 5.10 Å². The Morgan fingerprint density at radius 3 is 2.88 bits per heavy atom. The summed E-state index contributed by atoms with van der Waals surface area (Å²) in [4.78, 5) is 8.41. The zero-order chi connectivity index (χ0) is 11.7. The summed E-state index contributed by atoms with van der Waals surface area (Å²) in [5.74, 6) is 1.47. The lowest BCUT2D eigenvalue weighted by atomic mass is 10.2. The van der Waals surface area contributed by atoms with Crippen molar-refractivity contribution >= 4 is 10.9 Å². The van der Waals surface area contributed by atoms with Gasteiger partial charge in [-0.1, -0.05) is 12.1 Å². The Kier molecular flexibility index (Phi) is 2.22. The first-order valence-corrected chi connectivity index (χ1v) is 5.17. The van der Waals surface area contributed by atoms with Gasteiger partial charge in [-0.25, -0.2) is 14.6 Å². The molecule has 17 heavy (non-hydrogen) atoms. The van der Waals surface area contributed by atoms with E-state index >= 15 is 0 Å². The van der Waals surface area contributed by atoms with Crippen molar-refractivity contribution in [3.05, 3.63) is 43.0 Å². The first kappa shape index (κ1) is 9.77. The van der Waals surface area contributed by atoms with Crippen molar-refractivity contribution < 1.29 is 4.74 Å². The summed E-state index contributed by atoms with van der Waals surface area (Å²) >= 11 is 0. The lowest BCUT2D eigenvalue weighted by Gasteiger charge is -2.07. The third-order valence-corrected chi connectivity index (χ3v) is 2.54. The molecular formula is C12H10N4O. The normalized spacial score (nSPS) is 10.6. The van der Waals surface area contributed by atoms with Crippen LogP contribution < -0.4 is 4.74 Å². The number of fused-ring (bicyclic) bond motifs is 1. The smallest absolute Gasteiger partial charge is 0.159 e. The van der Waals surface area contributed by atoms with E-state index in [1.54, 1.807) is 18.1 Å². The number of pyridine rings is 1. The molecule has 2 aromatic heterocycles. The highest BCUT2D eigenvalue weighted by Gasteiger charge is 2.07. The summed E-state index contributed by atoms with van der Waals surface area (Å²) in [6.07, 6.45) is 3.08. The van der Waals surface area contributed by atoms with Gasteiger partial charge in [0.25, 0.3) is 0 Å². The molecule has 0 atom stereocenters. The van der Waals surface area contributed by atoms with Crippen molar-refractivity contribution in [3.63, 3.8) is 0 Å². The summed E-state index contributed by atoms with van der Waals surface area (Å²) in [7, 11) is 1.65. The van der Waals surface area contributed by atoms with Crippen LogP contribution in [0.5, 0.6) is 5.75 Å². The molecule has 0 saturated heterocycles. The van der Waals surface area contributed by atoms with Crippen molar-refractivity contribution in [1.29, 1.82) is 0 Å². The fraction of sp³-hybridized carbons (Fsp3) is 0.0833. The van der Waals surface area contributed by atoms with Crippen LogP contribution in [0.1, 0.15) is 0 Å². The summed E-state index contributed by atoms with van der Waals surface area (Å²) in [5.41, 5.74) is 0.873. The topological polar surface area (TPSA) is 52.8 Å². The molecule has 0 fully saturated rings. The van der Waals surface area contributed by atoms with Gasteiger partial charge in [0.05, 0.1) is 12.6 Å². The van der Waals surface area contributed by atoms with E-state index in [0.29, 0.717) is 5.82 Å². The van der Waals surface area contributed by atoms with Crippen molar-refractivity contribution in [1.82, 2.24) is 19.7 Å². The number of rotatable bonds is 2. The van der Waals surface area contributed by atoms with Crippen molar-refractivity contribution in [2.45, 2.75) is 0 Å². The van der Waals surface area contributed by atoms with Crippen molar-refractivity contribution in [2.24, 2.45) is 0 Å². The third kappa shape index (κ3) is 1.61. The molecule has 0 bridgehead atoms. The molecule has 5 heteroatoms. The monoisotopic (exact) mass is 226 g/mol. The maximum Gasteiger partial charge on any atom is 0.159 e. The van der Waals surface area contributed by atoms with Crippen molar-refractivity contribution in [3.8, 4) is 11.6 Å². The lowest BCUT2D eigenvalue weighted by Crippen LogP contribution is -1.99. The lowest BCUT2D eigenvalue weighted by molar-refractivity contribution is 0.419. The summed E-state index contributed by atoms with van der Waals surface area (Å²) in [5, 5.41) is 5.04. The van der Waals surface area contributed by atoms with E-state index in [9.17, 15) is 0 Å². The van der Waals surface area contributed by atoms with Gasteiger partial charge in [-0.3, -0.25) is 0 Å². The average Bonchev–Trinajstić information content (AvgIpc) is 2.91. The SMILES string of the molecule is COc1cc(-n2cncn2)nc2ccccc12. The largest absolute Gasteiger partial charge is 0.496 e. The van der Waals surface area contributed by atoms with Gasteiger partial charge in [0, 0.05) is 11.5 Å². The van der Waals surface area contributed by atoms with E-state index in [0.717, 1.165) is 16.7 Å². The zero-order valence-electron chi connectivity index (χ0n) is 9.24. The van der Waals surface area contributed by atoms with E-state index in [1.807, 2.05) is 30.3 Å². The van der Waals surface area contributed by atoms with Crippen LogP contribution in [0.15, 0.2) is 43.0 Å². The maximum atomic E-state index is 5.36. The van der Waals surface area contributed by atoms with Crippen molar-refractivity contribution in [2.75, 3.05) is 7.11 Å². The van der Waals surface area contributed by atoms with Crippen LogP contribution in [0, 0.1) is 0 Å². The minimum Gasteiger partial charge on any atom is -0.496 e. The molecule has 0 amide bonds. The van der Waals surface area contributed by atoms with Gasteiger partial charge in [-0.15, -0.1) is 0 Å². The minimum absolute atomic E-state index is 0.693. The number of aromatic nitrogens is 4. The molecule has 1 aromatic carbocycles. The van der Waals surface area contributed by atoms with Gasteiger partial charge in [0.15, 0.2) is 5.82 Å². The van der Waals surface area contributed by atoms with Gasteiger partial charge < -0.3 is 4.74 Å². The summed E-state index contributed by atoms with van der Waals surface area (Å²) in [6, 6.07) is 9.67. The van der Waals surface area contributed by atoms with Crippen LogP contribution in [-0.2, 0) is 0 Å². The Bertz CT molecular complexity index is 649. The Balaban J connectivity index is 2.28. The van der Waals surface area contributed by atoms with E-state index < -0.39 is 0 Å². The molecule has 3 aromatic rings. The first-order valence-electron chi connectivity index (χ1n) is 5.17. The molecule has 0 aliphatic carbocycles. The third-order valence-electron chi connectivity index (χ3n) is 2.54. The zero-order valence-corrected chi connectivity index (χ0v) is 9.24. The maximum absolute atomic E-state index is 5.36. The van der Waals surface area contributed by atoms with E-state index in [2.05, 4.69) is 15.1 Å². The highest BCUT2D eigenvalue weighted by molar-refractivity contribution is 5.85. The molecule has 5 nitrogen and oxygen atoms in total. The van der Waals surface area contributed by atoms with Gasteiger partial charge >= 0.3 is 0 Å². The van der Waals surface area contributed by atoms with E-state index in [-0.39, 0.29) is 0 Å². The fourth-order valence-electron chi connectivity index (χ4n) is 1.74. The van der Waals surface area contributed by atoms with E-state index in [1.165, 1.54) is 6.33 Å². The quantitative estimate of drug-likeness (QED) is 0.668. The molecule has 0 saturated carbocycles. The standard InChI is InChI=1S/C12H10N4O/c1-17-11-6-12(16-8-13-7-14-16)15-10-5-3-2-4-9(10)11/h2-8H,1H3. The molecular weight excluding hydrogens is 216 g/mol. The number of methoxy groups -OCH3 is 1. The average molecular weight is 226 g/mol. The molecule has 2 heterocycles. The van der Waals surface area contributed by atoms with Gasteiger partial charge in [0.1, 0.15) is 18.4 Å². The van der Waals surface area contributed by atoms with Crippen LogP contribution in [0.25, 0.3) is 16.7 Å². The molecule has 0 aliphatic heterocycles. The van der Waals surface area contributed by atoms with Gasteiger partial charge in [-0.05, 0) is 12.1 Å². The highest BCUT2D eigenvalue weighted by Crippen LogP contribution is 2.25. The number of hydrogen-bond acceptors (Lipinski definition) is 4. The van der Waals surface area contributed by atoms with Crippen LogP contribution >= 0.6 is 0 Å². The Morgan fingerprint density at radius 2 is 2.12 bits per heavy atom. The Labute approximate surface area is 97.7 Å². The molecule has 0 aliphatic rings. The Hall–Kier alpha value is -2.43. The number of hydrogen-bond donors (Lipinski definition) is 0. The van der Waals surface area contributed by atoms with Crippen LogP contribution in [0.4, 0.5) is 0 Å². The number of nitrogens with zero attached hydrogens (tertiary/aromatic N) is 4. The Morgan fingerprint density at radius 1 is 1.24 bits per heavy atom. The first-order chi connectivity index (χ1) is 8.38. The second-order valence-corrected chi connectivity index (χ2v) is 3.54. The molecule has 3 rings (SSSR count). The second kappa shape index (κ2) is 3.86. The predicted octanol–water partition coefficient (Wildman–Crippen LogP) is 1.82. The molecule has 0 N–H and O–H groups in total. The number of benzene rings is 1. The molecule has 84 valence electrons. The van der Waals surface area contributed by atoms with Gasteiger partial charge in [0.2, 0.25) is 0 Å². The van der Waals surface area contributed by atoms with Crippen LogP contribution in [-0.4, -0.2) is 26.9 Å². The highest BCUT2D eigenvalue weighted by atomic mass is 16.5.